The highest BCUT2D eigenvalue weighted by Crippen LogP contribution is 2.43. The zero-order valence-electron chi connectivity index (χ0n) is 10.8. The molecule has 0 aliphatic carbocycles. The van der Waals surface area contributed by atoms with E-state index in [1.807, 2.05) is 0 Å². The molecule has 22 heavy (non-hydrogen) atoms. The highest BCUT2D eigenvalue weighted by Gasteiger charge is 2.22. The van der Waals surface area contributed by atoms with Gasteiger partial charge < -0.3 is 9.84 Å². The molecule has 2 aromatic carbocycles. The monoisotopic (exact) mass is 331 g/mol. The van der Waals surface area contributed by atoms with Crippen LogP contribution in [0.15, 0.2) is 30.3 Å². The second kappa shape index (κ2) is 6.36. The molecule has 0 saturated carbocycles. The Kier molecular flexibility index (Phi) is 4.53. The van der Waals surface area contributed by atoms with E-state index in [1.165, 1.54) is 12.1 Å². The van der Waals surface area contributed by atoms with Gasteiger partial charge in [0, 0.05) is 0 Å². The molecule has 0 atom stereocenters. The van der Waals surface area contributed by atoms with Crippen LogP contribution in [0.1, 0.15) is 21.5 Å². The summed E-state index contributed by atoms with van der Waals surface area (Å²) in [4.78, 5) is 12.0. The summed E-state index contributed by atoms with van der Waals surface area (Å²) < 4.78 is 5.06. The molecule has 2 aromatic rings. The topological polar surface area (TPSA) is 96.9 Å². The SMILES string of the molecule is N#Cc1c([O-])c(Cl)c(Cl)c(OC(=O)c2ccccc2)c1C#N. The number of ether oxygens (including phenoxy) is 1. The number of halogens is 2. The highest BCUT2D eigenvalue weighted by atomic mass is 35.5. The van der Waals surface area contributed by atoms with Gasteiger partial charge in [-0.05, 0) is 12.1 Å². The summed E-state index contributed by atoms with van der Waals surface area (Å²) in [7, 11) is 0. The summed E-state index contributed by atoms with van der Waals surface area (Å²) in [5, 5.41) is 29.0. The van der Waals surface area contributed by atoms with Gasteiger partial charge in [0.2, 0.25) is 0 Å². The molecule has 0 radical (unpaired) electrons. The van der Waals surface area contributed by atoms with Gasteiger partial charge in [-0.25, -0.2) is 4.79 Å². The lowest BCUT2D eigenvalue weighted by Crippen LogP contribution is -2.11. The molecule has 0 bridgehead atoms. The van der Waals surface area contributed by atoms with Crippen LogP contribution in [0.3, 0.4) is 0 Å². The maximum absolute atomic E-state index is 12.0. The zero-order valence-corrected chi connectivity index (χ0v) is 12.3. The molecule has 2 rings (SSSR count). The fraction of sp³-hybridized carbons (Fsp3) is 0. The molecule has 0 saturated heterocycles. The van der Waals surface area contributed by atoms with Crippen molar-refractivity contribution in [2.45, 2.75) is 0 Å². The lowest BCUT2D eigenvalue weighted by molar-refractivity contribution is -0.268. The lowest BCUT2D eigenvalue weighted by Gasteiger charge is -2.17. The number of hydrogen-bond acceptors (Lipinski definition) is 5. The van der Waals surface area contributed by atoms with Gasteiger partial charge in [0.25, 0.3) is 0 Å². The molecule has 0 aliphatic heterocycles. The van der Waals surface area contributed by atoms with Gasteiger partial charge in [-0.2, -0.15) is 10.5 Å². The van der Waals surface area contributed by atoms with Crippen molar-refractivity contribution in [1.29, 1.82) is 10.5 Å². The number of nitrogens with zero attached hydrogens (tertiary/aromatic N) is 2. The molecule has 108 valence electrons. The van der Waals surface area contributed by atoms with Crippen molar-refractivity contribution >= 4 is 29.2 Å². The summed E-state index contributed by atoms with van der Waals surface area (Å²) in [6.45, 7) is 0. The maximum atomic E-state index is 12.0. The molecule has 7 heteroatoms. The smallest absolute Gasteiger partial charge is 0.343 e. The number of benzene rings is 2. The quantitative estimate of drug-likeness (QED) is 0.622. The fourth-order valence-corrected chi connectivity index (χ4v) is 2.08. The first kappa shape index (κ1) is 15.7. The average Bonchev–Trinajstić information content (AvgIpc) is 2.55. The molecule has 5 nitrogen and oxygen atoms in total. The molecule has 0 heterocycles. The van der Waals surface area contributed by atoms with Gasteiger partial charge in [0.05, 0.1) is 16.1 Å². The molecule has 0 unspecified atom stereocenters. The summed E-state index contributed by atoms with van der Waals surface area (Å²) in [5.74, 6) is -2.08. The third-order valence-corrected chi connectivity index (χ3v) is 3.54. The standard InChI is InChI=1S/C15H6Cl2N2O3/c16-11-12(17)14(10(7-19)9(6-18)13(11)20)22-15(21)8-4-2-1-3-5-8/h1-5,20H/p-1. The number of hydrogen-bond donors (Lipinski definition) is 0. The first-order valence-corrected chi connectivity index (χ1v) is 6.56. The molecule has 0 N–H and O–H groups in total. The van der Waals surface area contributed by atoms with Crippen molar-refractivity contribution in [3.8, 4) is 23.6 Å². The largest absolute Gasteiger partial charge is 0.871 e. The first-order valence-electron chi connectivity index (χ1n) is 5.80. The summed E-state index contributed by atoms with van der Waals surface area (Å²) in [5.41, 5.74) is -0.734. The van der Waals surface area contributed by atoms with E-state index in [0.717, 1.165) is 0 Å². The Balaban J connectivity index is 2.57. The minimum absolute atomic E-state index is 0.211. The number of carbonyl (C=O) groups excluding carboxylic acids is 1. The van der Waals surface area contributed by atoms with Gasteiger partial charge in [-0.3, -0.25) is 0 Å². The van der Waals surface area contributed by atoms with Gasteiger partial charge in [-0.1, -0.05) is 47.2 Å². The van der Waals surface area contributed by atoms with Crippen LogP contribution in [-0.2, 0) is 0 Å². The van der Waals surface area contributed by atoms with E-state index in [1.54, 1.807) is 30.3 Å². The molecule has 0 amide bonds. The first-order chi connectivity index (χ1) is 10.5. The van der Waals surface area contributed by atoms with E-state index in [0.29, 0.717) is 0 Å². The van der Waals surface area contributed by atoms with Crippen LogP contribution in [0.4, 0.5) is 0 Å². The maximum Gasteiger partial charge on any atom is 0.343 e. The van der Waals surface area contributed by atoms with E-state index in [4.69, 9.17) is 38.5 Å². The molecule has 0 spiro atoms. The van der Waals surface area contributed by atoms with Crippen LogP contribution in [-0.4, -0.2) is 5.97 Å². The van der Waals surface area contributed by atoms with Gasteiger partial charge >= 0.3 is 5.97 Å². The fourth-order valence-electron chi connectivity index (χ4n) is 1.68. The van der Waals surface area contributed by atoms with Crippen molar-refractivity contribution in [2.24, 2.45) is 0 Å². The molecular formula is C15H5Cl2N2O3-. The lowest BCUT2D eigenvalue weighted by atomic mass is 10.1. The summed E-state index contributed by atoms with van der Waals surface area (Å²) in [6.07, 6.45) is 0. The average molecular weight is 332 g/mol. The Labute approximate surface area is 135 Å². The Morgan fingerprint density at radius 3 is 2.18 bits per heavy atom. The number of nitriles is 2. The van der Waals surface area contributed by atoms with E-state index in [-0.39, 0.29) is 10.6 Å². The second-order valence-electron chi connectivity index (χ2n) is 4.02. The van der Waals surface area contributed by atoms with Crippen molar-refractivity contribution in [2.75, 3.05) is 0 Å². The van der Waals surface area contributed by atoms with Gasteiger partial charge in [0.15, 0.2) is 5.75 Å². The van der Waals surface area contributed by atoms with Crippen LogP contribution in [0.5, 0.6) is 11.5 Å². The van der Waals surface area contributed by atoms with E-state index < -0.39 is 33.6 Å². The third kappa shape index (κ3) is 2.68. The van der Waals surface area contributed by atoms with Crippen molar-refractivity contribution in [3.05, 3.63) is 57.1 Å². The Hall–Kier alpha value is -2.73. The second-order valence-corrected chi connectivity index (χ2v) is 4.77. The van der Waals surface area contributed by atoms with Crippen LogP contribution in [0.25, 0.3) is 0 Å². The van der Waals surface area contributed by atoms with E-state index in [9.17, 15) is 9.90 Å². The van der Waals surface area contributed by atoms with Crippen molar-refractivity contribution in [3.63, 3.8) is 0 Å². The van der Waals surface area contributed by atoms with Crippen LogP contribution in [0.2, 0.25) is 10.0 Å². The predicted octanol–water partition coefficient (Wildman–Crippen LogP) is 3.03. The third-order valence-electron chi connectivity index (χ3n) is 2.72. The predicted molar refractivity (Wildman–Crippen MR) is 76.7 cm³/mol. The normalized spacial score (nSPS) is 9.64. The van der Waals surface area contributed by atoms with Crippen molar-refractivity contribution in [1.82, 2.24) is 0 Å². The Morgan fingerprint density at radius 1 is 1.05 bits per heavy atom. The minimum atomic E-state index is -0.884. The molecule has 0 aromatic heterocycles. The van der Waals surface area contributed by atoms with Crippen LogP contribution >= 0.6 is 23.2 Å². The zero-order chi connectivity index (χ0) is 16.3. The summed E-state index contributed by atoms with van der Waals surface area (Å²) in [6, 6.07) is 11.2. The van der Waals surface area contributed by atoms with Gasteiger partial charge in [-0.15, -0.1) is 0 Å². The Morgan fingerprint density at radius 2 is 1.64 bits per heavy atom. The molecule has 0 fully saturated rings. The number of esters is 1. The Bertz CT molecular complexity index is 837. The minimum Gasteiger partial charge on any atom is -0.871 e. The highest BCUT2D eigenvalue weighted by molar-refractivity contribution is 6.44. The number of carbonyl (C=O) groups is 1. The molecule has 0 aliphatic rings. The molecular weight excluding hydrogens is 327 g/mol. The van der Waals surface area contributed by atoms with Crippen LogP contribution < -0.4 is 9.84 Å². The van der Waals surface area contributed by atoms with Crippen LogP contribution in [0, 0.1) is 22.7 Å². The van der Waals surface area contributed by atoms with E-state index in [2.05, 4.69) is 0 Å². The number of rotatable bonds is 2. The van der Waals surface area contributed by atoms with E-state index >= 15 is 0 Å². The van der Waals surface area contributed by atoms with Crippen molar-refractivity contribution < 1.29 is 14.6 Å². The van der Waals surface area contributed by atoms with Gasteiger partial charge in [0.1, 0.15) is 22.7 Å². The summed E-state index contributed by atoms with van der Waals surface area (Å²) >= 11 is 11.6.